The first-order chi connectivity index (χ1) is 7.26. The van der Waals surface area contributed by atoms with Crippen LogP contribution in [0.4, 0.5) is 0 Å². The highest BCUT2D eigenvalue weighted by molar-refractivity contribution is 8.00. The van der Waals surface area contributed by atoms with E-state index in [0.717, 1.165) is 12.0 Å². The van der Waals surface area contributed by atoms with Gasteiger partial charge in [0.05, 0.1) is 0 Å². The van der Waals surface area contributed by atoms with E-state index in [1.807, 2.05) is 11.8 Å². The lowest BCUT2D eigenvalue weighted by Crippen LogP contribution is -2.48. The summed E-state index contributed by atoms with van der Waals surface area (Å²) in [6.07, 6.45) is 5.58. The average Bonchev–Trinajstić information content (AvgIpc) is 2.98. The molecule has 2 aliphatic rings. The molecule has 1 nitrogen and oxygen atoms in total. The summed E-state index contributed by atoms with van der Waals surface area (Å²) in [4.78, 5) is 1.37. The van der Waals surface area contributed by atoms with Crippen molar-refractivity contribution in [3.05, 3.63) is 30.3 Å². The molecule has 1 aromatic carbocycles. The van der Waals surface area contributed by atoms with Crippen LogP contribution in [0.2, 0.25) is 0 Å². The lowest BCUT2D eigenvalue weighted by Gasteiger charge is -2.47. The Morgan fingerprint density at radius 1 is 1.13 bits per heavy atom. The van der Waals surface area contributed by atoms with Gasteiger partial charge in [-0.2, -0.15) is 0 Å². The van der Waals surface area contributed by atoms with E-state index in [2.05, 4.69) is 30.3 Å². The Labute approximate surface area is 95.4 Å². The molecule has 0 aromatic heterocycles. The van der Waals surface area contributed by atoms with Crippen molar-refractivity contribution in [2.45, 2.75) is 35.3 Å². The highest BCUT2D eigenvalue weighted by atomic mass is 32.2. The zero-order valence-electron chi connectivity index (χ0n) is 8.91. The Morgan fingerprint density at radius 3 is 2.33 bits per heavy atom. The molecule has 0 atom stereocenters. The highest BCUT2D eigenvalue weighted by Gasteiger charge is 2.60. The van der Waals surface area contributed by atoms with Crippen molar-refractivity contribution in [1.82, 2.24) is 0 Å². The standard InChI is InChI=1S/C13H17NS/c14-10-13(8-12(9-13)6-7-12)15-11-4-2-1-3-5-11/h1-5H,6-10,14H2. The topological polar surface area (TPSA) is 26.0 Å². The molecule has 2 fully saturated rings. The number of thioether (sulfide) groups is 1. The second-order valence-corrected chi connectivity index (χ2v) is 6.70. The van der Waals surface area contributed by atoms with Gasteiger partial charge >= 0.3 is 0 Å². The fraction of sp³-hybridized carbons (Fsp3) is 0.538. The third-order valence-corrected chi connectivity index (χ3v) is 5.20. The minimum Gasteiger partial charge on any atom is -0.329 e. The van der Waals surface area contributed by atoms with Gasteiger partial charge in [0.2, 0.25) is 0 Å². The third kappa shape index (κ3) is 1.70. The van der Waals surface area contributed by atoms with E-state index in [1.54, 1.807) is 0 Å². The van der Waals surface area contributed by atoms with E-state index >= 15 is 0 Å². The summed E-state index contributed by atoms with van der Waals surface area (Å²) in [5.74, 6) is 0. The molecule has 3 rings (SSSR count). The largest absolute Gasteiger partial charge is 0.329 e. The van der Waals surface area contributed by atoms with Gasteiger partial charge in [0.25, 0.3) is 0 Å². The number of hydrogen-bond acceptors (Lipinski definition) is 2. The van der Waals surface area contributed by atoms with Crippen molar-refractivity contribution in [2.75, 3.05) is 6.54 Å². The van der Waals surface area contributed by atoms with Gasteiger partial charge < -0.3 is 5.73 Å². The smallest absolute Gasteiger partial charge is 0.0339 e. The molecule has 0 saturated heterocycles. The van der Waals surface area contributed by atoms with E-state index in [-0.39, 0.29) is 0 Å². The molecule has 80 valence electrons. The zero-order valence-corrected chi connectivity index (χ0v) is 9.72. The molecular weight excluding hydrogens is 202 g/mol. The van der Waals surface area contributed by atoms with Crippen LogP contribution < -0.4 is 5.73 Å². The summed E-state index contributed by atoms with van der Waals surface area (Å²) in [6.45, 7) is 0.828. The molecule has 0 radical (unpaired) electrons. The lowest BCUT2D eigenvalue weighted by molar-refractivity contribution is 0.210. The first-order valence-corrected chi connectivity index (χ1v) is 6.52. The number of benzene rings is 1. The minimum atomic E-state index is 0.359. The Kier molecular flexibility index (Phi) is 2.12. The molecule has 0 amide bonds. The van der Waals surface area contributed by atoms with Gasteiger partial charge in [-0.15, -0.1) is 11.8 Å². The molecule has 2 heteroatoms. The molecule has 2 saturated carbocycles. The Balaban J connectivity index is 1.71. The van der Waals surface area contributed by atoms with Gasteiger partial charge in [-0.05, 0) is 43.2 Å². The van der Waals surface area contributed by atoms with Crippen LogP contribution in [0.25, 0.3) is 0 Å². The SMILES string of the molecule is NCC1(Sc2ccccc2)CC2(CC2)C1. The third-order valence-electron chi connectivity index (χ3n) is 3.80. The molecule has 1 spiro atoms. The molecule has 2 aliphatic carbocycles. The summed E-state index contributed by atoms with van der Waals surface area (Å²) in [5, 5.41) is 0. The molecule has 1 aromatic rings. The van der Waals surface area contributed by atoms with Crippen LogP contribution in [0.5, 0.6) is 0 Å². The van der Waals surface area contributed by atoms with Crippen molar-refractivity contribution >= 4 is 11.8 Å². The maximum Gasteiger partial charge on any atom is 0.0339 e. The monoisotopic (exact) mass is 219 g/mol. The van der Waals surface area contributed by atoms with Crippen LogP contribution in [0.3, 0.4) is 0 Å². The van der Waals surface area contributed by atoms with Crippen molar-refractivity contribution in [2.24, 2.45) is 11.1 Å². The predicted octanol–water partition coefficient (Wildman–Crippen LogP) is 3.05. The Bertz CT molecular complexity index is 348. The quantitative estimate of drug-likeness (QED) is 0.845. The molecule has 15 heavy (non-hydrogen) atoms. The predicted molar refractivity (Wildman–Crippen MR) is 65.0 cm³/mol. The van der Waals surface area contributed by atoms with Gasteiger partial charge in [-0.3, -0.25) is 0 Å². The average molecular weight is 219 g/mol. The van der Waals surface area contributed by atoms with Crippen LogP contribution in [0.1, 0.15) is 25.7 Å². The zero-order chi connectivity index (χ0) is 10.4. The van der Waals surface area contributed by atoms with Crippen molar-refractivity contribution in [3.63, 3.8) is 0 Å². The molecule has 0 aliphatic heterocycles. The summed E-state index contributed by atoms with van der Waals surface area (Å²) in [6, 6.07) is 10.7. The highest BCUT2D eigenvalue weighted by Crippen LogP contribution is 2.69. The lowest BCUT2D eigenvalue weighted by atomic mass is 9.71. The molecule has 2 N–H and O–H groups in total. The fourth-order valence-electron chi connectivity index (χ4n) is 2.84. The molecule has 0 bridgehead atoms. The van der Waals surface area contributed by atoms with Crippen molar-refractivity contribution in [3.8, 4) is 0 Å². The van der Waals surface area contributed by atoms with Gasteiger partial charge in [-0.1, -0.05) is 18.2 Å². The summed E-state index contributed by atoms with van der Waals surface area (Å²) in [7, 11) is 0. The normalized spacial score (nSPS) is 24.9. The van der Waals surface area contributed by atoms with Crippen molar-refractivity contribution < 1.29 is 0 Å². The van der Waals surface area contributed by atoms with Gasteiger partial charge in [0.1, 0.15) is 0 Å². The van der Waals surface area contributed by atoms with Crippen LogP contribution in [-0.2, 0) is 0 Å². The summed E-state index contributed by atoms with van der Waals surface area (Å²) in [5.41, 5.74) is 6.68. The number of nitrogens with two attached hydrogens (primary N) is 1. The number of hydrogen-bond donors (Lipinski definition) is 1. The van der Waals surface area contributed by atoms with Crippen LogP contribution in [0.15, 0.2) is 35.2 Å². The first-order valence-electron chi connectivity index (χ1n) is 5.70. The molecular formula is C13H17NS. The Morgan fingerprint density at radius 2 is 1.80 bits per heavy atom. The van der Waals surface area contributed by atoms with Gasteiger partial charge in [0.15, 0.2) is 0 Å². The maximum absolute atomic E-state index is 5.94. The fourth-order valence-corrected chi connectivity index (χ4v) is 4.48. The van der Waals surface area contributed by atoms with E-state index in [4.69, 9.17) is 5.73 Å². The molecule has 0 unspecified atom stereocenters. The van der Waals surface area contributed by atoms with Crippen LogP contribution in [-0.4, -0.2) is 11.3 Å². The minimum absolute atomic E-state index is 0.359. The first kappa shape index (κ1) is 9.73. The second-order valence-electron chi connectivity index (χ2n) is 5.16. The van der Waals surface area contributed by atoms with Gasteiger partial charge in [-0.25, -0.2) is 0 Å². The Hall–Kier alpha value is -0.470. The van der Waals surface area contributed by atoms with E-state index in [9.17, 15) is 0 Å². The number of rotatable bonds is 3. The van der Waals surface area contributed by atoms with Crippen LogP contribution >= 0.6 is 11.8 Å². The van der Waals surface area contributed by atoms with E-state index < -0.39 is 0 Å². The van der Waals surface area contributed by atoms with Crippen molar-refractivity contribution in [1.29, 1.82) is 0 Å². The van der Waals surface area contributed by atoms with Crippen LogP contribution in [0, 0.1) is 5.41 Å². The maximum atomic E-state index is 5.94. The summed E-state index contributed by atoms with van der Waals surface area (Å²) < 4.78 is 0.359. The van der Waals surface area contributed by atoms with E-state index in [0.29, 0.717) is 4.75 Å². The second kappa shape index (κ2) is 3.26. The van der Waals surface area contributed by atoms with Gasteiger partial charge in [0, 0.05) is 16.2 Å². The molecule has 0 heterocycles. The summed E-state index contributed by atoms with van der Waals surface area (Å²) >= 11 is 2.00. The van der Waals surface area contributed by atoms with E-state index in [1.165, 1.54) is 30.6 Å².